The van der Waals surface area contributed by atoms with Crippen molar-refractivity contribution in [2.75, 3.05) is 0 Å². The third kappa shape index (κ3) is 3.96. The van der Waals surface area contributed by atoms with Crippen molar-refractivity contribution in [3.05, 3.63) is 101 Å². The van der Waals surface area contributed by atoms with E-state index in [-0.39, 0.29) is 5.70 Å². The van der Waals surface area contributed by atoms with E-state index in [9.17, 15) is 4.79 Å². The molecule has 0 bridgehead atoms. The SMILES string of the molecule is Cc1ccc(C2=NC(=Cc3cccc(Oc4ccccc4)c3)C(=O)O2)cc1. The number of benzene rings is 3. The fourth-order valence-corrected chi connectivity index (χ4v) is 2.68. The normalized spacial score (nSPS) is 14.8. The smallest absolute Gasteiger partial charge is 0.363 e. The van der Waals surface area contributed by atoms with Crippen LogP contribution in [0.15, 0.2) is 89.6 Å². The Bertz CT molecular complexity index is 1030. The van der Waals surface area contributed by atoms with E-state index < -0.39 is 5.97 Å². The maximum atomic E-state index is 12.2. The molecule has 0 spiro atoms. The first-order valence-electron chi connectivity index (χ1n) is 8.60. The van der Waals surface area contributed by atoms with Crippen LogP contribution in [0.3, 0.4) is 0 Å². The van der Waals surface area contributed by atoms with Crippen molar-refractivity contribution in [1.82, 2.24) is 0 Å². The minimum Gasteiger partial charge on any atom is -0.457 e. The Labute approximate surface area is 157 Å². The zero-order chi connectivity index (χ0) is 18.6. The van der Waals surface area contributed by atoms with Gasteiger partial charge in [0.25, 0.3) is 0 Å². The molecule has 27 heavy (non-hydrogen) atoms. The Morgan fingerprint density at radius 1 is 0.889 bits per heavy atom. The van der Waals surface area contributed by atoms with Crippen LogP contribution in [-0.2, 0) is 9.53 Å². The maximum absolute atomic E-state index is 12.2. The summed E-state index contributed by atoms with van der Waals surface area (Å²) in [6.45, 7) is 2.00. The molecule has 3 aromatic carbocycles. The van der Waals surface area contributed by atoms with Gasteiger partial charge < -0.3 is 9.47 Å². The van der Waals surface area contributed by atoms with Crippen LogP contribution >= 0.6 is 0 Å². The number of hydrogen-bond donors (Lipinski definition) is 0. The summed E-state index contributed by atoms with van der Waals surface area (Å²) in [5.41, 5.74) is 2.99. The molecule has 4 rings (SSSR count). The molecule has 0 saturated heterocycles. The second-order valence-corrected chi connectivity index (χ2v) is 6.19. The fourth-order valence-electron chi connectivity index (χ4n) is 2.68. The zero-order valence-electron chi connectivity index (χ0n) is 14.8. The van der Waals surface area contributed by atoms with Crippen molar-refractivity contribution >= 4 is 17.9 Å². The van der Waals surface area contributed by atoms with Crippen LogP contribution in [0.25, 0.3) is 6.08 Å². The minimum absolute atomic E-state index is 0.266. The lowest BCUT2D eigenvalue weighted by Crippen LogP contribution is -2.05. The largest absolute Gasteiger partial charge is 0.457 e. The average molecular weight is 355 g/mol. The molecule has 0 saturated carbocycles. The van der Waals surface area contributed by atoms with E-state index >= 15 is 0 Å². The van der Waals surface area contributed by atoms with E-state index in [2.05, 4.69) is 4.99 Å². The summed E-state index contributed by atoms with van der Waals surface area (Å²) in [5, 5.41) is 0. The van der Waals surface area contributed by atoms with Crippen molar-refractivity contribution < 1.29 is 14.3 Å². The van der Waals surface area contributed by atoms with Gasteiger partial charge in [-0.2, -0.15) is 0 Å². The number of carbonyl (C=O) groups is 1. The van der Waals surface area contributed by atoms with Crippen molar-refractivity contribution in [2.45, 2.75) is 6.92 Å². The molecule has 1 heterocycles. The van der Waals surface area contributed by atoms with Crippen LogP contribution in [0.4, 0.5) is 0 Å². The molecule has 4 heteroatoms. The lowest BCUT2D eigenvalue weighted by Gasteiger charge is -2.05. The van der Waals surface area contributed by atoms with E-state index in [0.29, 0.717) is 11.6 Å². The molecule has 3 aromatic rings. The second-order valence-electron chi connectivity index (χ2n) is 6.19. The fraction of sp³-hybridized carbons (Fsp3) is 0.0435. The third-order valence-corrected chi connectivity index (χ3v) is 4.06. The van der Waals surface area contributed by atoms with E-state index in [0.717, 1.165) is 22.4 Å². The molecule has 0 N–H and O–H groups in total. The van der Waals surface area contributed by atoms with Crippen molar-refractivity contribution in [1.29, 1.82) is 0 Å². The quantitative estimate of drug-likeness (QED) is 0.481. The van der Waals surface area contributed by atoms with Crippen LogP contribution < -0.4 is 4.74 Å². The summed E-state index contributed by atoms with van der Waals surface area (Å²) in [7, 11) is 0. The highest BCUT2D eigenvalue weighted by molar-refractivity contribution is 6.12. The van der Waals surface area contributed by atoms with Gasteiger partial charge in [0.15, 0.2) is 5.70 Å². The topological polar surface area (TPSA) is 47.9 Å². The van der Waals surface area contributed by atoms with E-state index in [1.807, 2.05) is 85.8 Å². The monoisotopic (exact) mass is 355 g/mol. The standard InChI is InChI=1S/C23H17NO3/c1-16-10-12-18(13-11-16)22-24-21(23(25)27-22)15-17-6-5-9-20(14-17)26-19-7-3-2-4-8-19/h2-15H,1H3. The zero-order valence-corrected chi connectivity index (χ0v) is 14.8. The molecule has 0 atom stereocenters. The molecule has 0 fully saturated rings. The van der Waals surface area contributed by atoms with Crippen LogP contribution in [0, 0.1) is 6.92 Å². The van der Waals surface area contributed by atoms with Gasteiger partial charge in [-0.1, -0.05) is 48.0 Å². The highest BCUT2D eigenvalue weighted by Gasteiger charge is 2.24. The van der Waals surface area contributed by atoms with E-state index in [1.54, 1.807) is 6.08 Å². The van der Waals surface area contributed by atoms with Crippen molar-refractivity contribution in [3.8, 4) is 11.5 Å². The Kier molecular flexibility index (Phi) is 4.54. The number of nitrogens with zero attached hydrogens (tertiary/aromatic N) is 1. The maximum Gasteiger partial charge on any atom is 0.363 e. The van der Waals surface area contributed by atoms with Gasteiger partial charge in [0.05, 0.1) is 0 Å². The Morgan fingerprint density at radius 3 is 2.41 bits per heavy atom. The second kappa shape index (κ2) is 7.30. The number of ether oxygens (including phenoxy) is 2. The highest BCUT2D eigenvalue weighted by atomic mass is 16.6. The molecular formula is C23H17NO3. The highest BCUT2D eigenvalue weighted by Crippen LogP contribution is 2.24. The number of para-hydroxylation sites is 1. The van der Waals surface area contributed by atoms with Crippen LogP contribution in [-0.4, -0.2) is 11.9 Å². The van der Waals surface area contributed by atoms with Gasteiger partial charge in [0.1, 0.15) is 11.5 Å². The molecule has 132 valence electrons. The first kappa shape index (κ1) is 16.8. The lowest BCUT2D eigenvalue weighted by atomic mass is 10.1. The van der Waals surface area contributed by atoms with Crippen LogP contribution in [0.2, 0.25) is 0 Å². The van der Waals surface area contributed by atoms with E-state index in [1.165, 1.54) is 0 Å². The molecule has 1 aliphatic rings. The minimum atomic E-state index is -0.458. The predicted molar refractivity (Wildman–Crippen MR) is 105 cm³/mol. The molecule has 0 amide bonds. The first-order valence-corrected chi connectivity index (χ1v) is 8.60. The molecule has 0 aliphatic carbocycles. The van der Waals surface area contributed by atoms with Crippen molar-refractivity contribution in [2.24, 2.45) is 4.99 Å². The van der Waals surface area contributed by atoms with Crippen molar-refractivity contribution in [3.63, 3.8) is 0 Å². The number of hydrogen-bond acceptors (Lipinski definition) is 4. The Balaban J connectivity index is 1.58. The number of aryl methyl sites for hydroxylation is 1. The predicted octanol–water partition coefficient (Wildman–Crippen LogP) is 5.13. The molecule has 0 aromatic heterocycles. The Hall–Kier alpha value is -3.66. The summed E-state index contributed by atoms with van der Waals surface area (Å²) in [6.07, 6.45) is 1.70. The lowest BCUT2D eigenvalue weighted by molar-refractivity contribution is -0.129. The van der Waals surface area contributed by atoms with Gasteiger partial charge in [-0.15, -0.1) is 0 Å². The molecule has 0 radical (unpaired) electrons. The van der Waals surface area contributed by atoms with Gasteiger partial charge in [-0.25, -0.2) is 9.79 Å². The van der Waals surface area contributed by atoms with Gasteiger partial charge >= 0.3 is 5.97 Å². The number of aliphatic imine (C=N–C) groups is 1. The molecular weight excluding hydrogens is 338 g/mol. The summed E-state index contributed by atoms with van der Waals surface area (Å²) >= 11 is 0. The van der Waals surface area contributed by atoms with Gasteiger partial charge in [0.2, 0.25) is 5.90 Å². The summed E-state index contributed by atoms with van der Waals surface area (Å²) in [6, 6.07) is 24.7. The summed E-state index contributed by atoms with van der Waals surface area (Å²) in [4.78, 5) is 16.5. The Morgan fingerprint density at radius 2 is 1.63 bits per heavy atom. The van der Waals surface area contributed by atoms with Gasteiger partial charge in [0, 0.05) is 5.56 Å². The van der Waals surface area contributed by atoms with Gasteiger partial charge in [-0.05, 0) is 55.0 Å². The average Bonchev–Trinajstić information content (AvgIpc) is 3.04. The number of cyclic esters (lactones) is 1. The molecule has 4 nitrogen and oxygen atoms in total. The molecule has 0 unspecified atom stereocenters. The van der Waals surface area contributed by atoms with Gasteiger partial charge in [-0.3, -0.25) is 0 Å². The number of carbonyl (C=O) groups excluding carboxylic acids is 1. The number of rotatable bonds is 4. The van der Waals surface area contributed by atoms with Crippen LogP contribution in [0.1, 0.15) is 16.7 Å². The first-order chi connectivity index (χ1) is 13.2. The summed E-state index contributed by atoms with van der Waals surface area (Å²) < 4.78 is 11.1. The number of esters is 1. The summed E-state index contributed by atoms with van der Waals surface area (Å²) in [5.74, 6) is 1.30. The van der Waals surface area contributed by atoms with E-state index in [4.69, 9.17) is 9.47 Å². The third-order valence-electron chi connectivity index (χ3n) is 4.06. The van der Waals surface area contributed by atoms with Crippen LogP contribution in [0.5, 0.6) is 11.5 Å². The molecule has 1 aliphatic heterocycles.